The maximum Gasteiger partial charge on any atom is 0.131 e. The average Bonchev–Trinajstić information content (AvgIpc) is 2.02. The molecule has 1 aromatic carbocycles. The number of hydrogen-bond donors (Lipinski definition) is 1. The molecule has 0 amide bonds. The molecule has 0 aliphatic carbocycles. The van der Waals surface area contributed by atoms with E-state index in [1.54, 1.807) is 24.3 Å². The van der Waals surface area contributed by atoms with Gasteiger partial charge >= 0.3 is 0 Å². The molecule has 13 heavy (non-hydrogen) atoms. The van der Waals surface area contributed by atoms with E-state index >= 15 is 0 Å². The van der Waals surface area contributed by atoms with Crippen LogP contribution in [0.25, 0.3) is 6.08 Å². The van der Waals surface area contributed by atoms with Crippen LogP contribution in [0.5, 0.6) is 0 Å². The lowest BCUT2D eigenvalue weighted by atomic mass is 10.2. The SMILES string of the molecule is CC(N)/C=C/c1ccc(Br)cc1F. The van der Waals surface area contributed by atoms with E-state index in [4.69, 9.17) is 5.73 Å². The molecule has 3 heteroatoms. The van der Waals surface area contributed by atoms with Crippen molar-refractivity contribution >= 4 is 22.0 Å². The summed E-state index contributed by atoms with van der Waals surface area (Å²) in [6.07, 6.45) is 3.44. The molecule has 0 radical (unpaired) electrons. The molecule has 0 spiro atoms. The Kier molecular flexibility index (Phi) is 3.63. The van der Waals surface area contributed by atoms with Crippen LogP contribution < -0.4 is 5.73 Å². The normalized spacial score (nSPS) is 13.5. The Labute approximate surface area is 85.6 Å². The third-order valence-corrected chi connectivity index (χ3v) is 2.04. The number of benzene rings is 1. The quantitative estimate of drug-likeness (QED) is 0.850. The van der Waals surface area contributed by atoms with Crippen molar-refractivity contribution in [2.45, 2.75) is 13.0 Å². The Hall–Kier alpha value is -0.670. The highest BCUT2D eigenvalue weighted by Gasteiger charge is 1.98. The van der Waals surface area contributed by atoms with E-state index in [0.29, 0.717) is 5.56 Å². The zero-order chi connectivity index (χ0) is 9.84. The lowest BCUT2D eigenvalue weighted by Crippen LogP contribution is -2.09. The summed E-state index contributed by atoms with van der Waals surface area (Å²) in [5, 5.41) is 0. The van der Waals surface area contributed by atoms with Crippen LogP contribution in [0, 0.1) is 5.82 Å². The van der Waals surface area contributed by atoms with Crippen LogP contribution in [-0.4, -0.2) is 6.04 Å². The van der Waals surface area contributed by atoms with E-state index in [1.807, 2.05) is 6.92 Å². The zero-order valence-electron chi connectivity index (χ0n) is 7.30. The Morgan fingerprint density at radius 1 is 1.54 bits per heavy atom. The molecule has 0 aliphatic rings. The summed E-state index contributed by atoms with van der Waals surface area (Å²) in [6.45, 7) is 1.84. The summed E-state index contributed by atoms with van der Waals surface area (Å²) in [5.41, 5.74) is 6.06. The first-order chi connectivity index (χ1) is 6.09. The average molecular weight is 244 g/mol. The van der Waals surface area contributed by atoms with Crippen LogP contribution in [-0.2, 0) is 0 Å². The van der Waals surface area contributed by atoms with Crippen molar-refractivity contribution in [1.82, 2.24) is 0 Å². The van der Waals surface area contributed by atoms with E-state index in [0.717, 1.165) is 4.47 Å². The molecule has 0 bridgehead atoms. The molecule has 1 atom stereocenters. The molecule has 1 nitrogen and oxygen atoms in total. The van der Waals surface area contributed by atoms with Gasteiger partial charge in [-0.25, -0.2) is 4.39 Å². The highest BCUT2D eigenvalue weighted by molar-refractivity contribution is 9.10. The van der Waals surface area contributed by atoms with Gasteiger partial charge in [0.25, 0.3) is 0 Å². The molecule has 2 N–H and O–H groups in total. The predicted octanol–water partition coefficient (Wildman–Crippen LogP) is 2.95. The van der Waals surface area contributed by atoms with Gasteiger partial charge in [0.1, 0.15) is 5.82 Å². The van der Waals surface area contributed by atoms with Crippen molar-refractivity contribution in [2.24, 2.45) is 5.73 Å². The van der Waals surface area contributed by atoms with E-state index < -0.39 is 0 Å². The van der Waals surface area contributed by atoms with Crippen LogP contribution in [0.4, 0.5) is 4.39 Å². The number of hydrogen-bond acceptors (Lipinski definition) is 1. The van der Waals surface area contributed by atoms with Crippen molar-refractivity contribution in [3.05, 3.63) is 40.1 Å². The van der Waals surface area contributed by atoms with Crippen LogP contribution in [0.1, 0.15) is 12.5 Å². The monoisotopic (exact) mass is 243 g/mol. The molecule has 1 aromatic rings. The van der Waals surface area contributed by atoms with Crippen molar-refractivity contribution in [3.63, 3.8) is 0 Å². The first-order valence-electron chi connectivity index (χ1n) is 3.98. The molecule has 0 aromatic heterocycles. The fourth-order valence-corrected chi connectivity index (χ4v) is 1.23. The van der Waals surface area contributed by atoms with Crippen LogP contribution >= 0.6 is 15.9 Å². The first kappa shape index (κ1) is 10.4. The van der Waals surface area contributed by atoms with Crippen molar-refractivity contribution in [1.29, 1.82) is 0 Å². The molecule has 0 saturated heterocycles. The van der Waals surface area contributed by atoms with E-state index in [-0.39, 0.29) is 11.9 Å². The second-order valence-electron chi connectivity index (χ2n) is 2.88. The zero-order valence-corrected chi connectivity index (χ0v) is 8.88. The Balaban J connectivity index is 2.90. The third kappa shape index (κ3) is 3.28. The Morgan fingerprint density at radius 3 is 2.77 bits per heavy atom. The lowest BCUT2D eigenvalue weighted by Gasteiger charge is -1.98. The van der Waals surface area contributed by atoms with Gasteiger partial charge in [0.15, 0.2) is 0 Å². The van der Waals surface area contributed by atoms with Crippen LogP contribution in [0.2, 0.25) is 0 Å². The second kappa shape index (κ2) is 4.53. The molecule has 1 rings (SSSR count). The molecule has 0 fully saturated rings. The maximum absolute atomic E-state index is 13.2. The largest absolute Gasteiger partial charge is 0.325 e. The minimum atomic E-state index is -0.244. The molecule has 0 heterocycles. The van der Waals surface area contributed by atoms with Gasteiger partial charge in [-0.15, -0.1) is 0 Å². The van der Waals surface area contributed by atoms with Gasteiger partial charge in [0.2, 0.25) is 0 Å². The molecular formula is C10H11BrFN. The van der Waals surface area contributed by atoms with Crippen molar-refractivity contribution in [3.8, 4) is 0 Å². The van der Waals surface area contributed by atoms with Gasteiger partial charge in [0, 0.05) is 16.1 Å². The van der Waals surface area contributed by atoms with Crippen molar-refractivity contribution < 1.29 is 4.39 Å². The van der Waals surface area contributed by atoms with Gasteiger partial charge in [-0.2, -0.15) is 0 Å². The van der Waals surface area contributed by atoms with Gasteiger partial charge in [-0.3, -0.25) is 0 Å². The standard InChI is InChI=1S/C10H11BrFN/c1-7(13)2-3-8-4-5-9(11)6-10(8)12/h2-7H,13H2,1H3/b3-2+. The third-order valence-electron chi connectivity index (χ3n) is 1.54. The number of nitrogens with two attached hydrogens (primary N) is 1. The van der Waals surface area contributed by atoms with Crippen LogP contribution in [0.15, 0.2) is 28.7 Å². The highest BCUT2D eigenvalue weighted by Crippen LogP contribution is 2.16. The van der Waals surface area contributed by atoms with E-state index in [2.05, 4.69) is 15.9 Å². The lowest BCUT2D eigenvalue weighted by molar-refractivity contribution is 0.624. The molecule has 0 saturated carbocycles. The van der Waals surface area contributed by atoms with Gasteiger partial charge in [0.05, 0.1) is 0 Å². The van der Waals surface area contributed by atoms with Crippen LogP contribution in [0.3, 0.4) is 0 Å². The molecular weight excluding hydrogens is 233 g/mol. The fourth-order valence-electron chi connectivity index (χ4n) is 0.892. The highest BCUT2D eigenvalue weighted by atomic mass is 79.9. The minimum Gasteiger partial charge on any atom is -0.325 e. The van der Waals surface area contributed by atoms with E-state index in [9.17, 15) is 4.39 Å². The maximum atomic E-state index is 13.2. The summed E-state index contributed by atoms with van der Waals surface area (Å²) in [5.74, 6) is -0.244. The molecule has 0 aliphatic heterocycles. The molecule has 70 valence electrons. The topological polar surface area (TPSA) is 26.0 Å². The Morgan fingerprint density at radius 2 is 2.23 bits per heavy atom. The second-order valence-corrected chi connectivity index (χ2v) is 3.80. The minimum absolute atomic E-state index is 0.0527. The predicted molar refractivity (Wildman–Crippen MR) is 56.8 cm³/mol. The fraction of sp³-hybridized carbons (Fsp3) is 0.200. The summed E-state index contributed by atoms with van der Waals surface area (Å²) in [7, 11) is 0. The summed E-state index contributed by atoms with van der Waals surface area (Å²) in [6, 6.07) is 4.88. The molecule has 1 unspecified atom stereocenters. The smallest absolute Gasteiger partial charge is 0.131 e. The summed E-state index contributed by atoms with van der Waals surface area (Å²) >= 11 is 3.19. The first-order valence-corrected chi connectivity index (χ1v) is 4.78. The van der Waals surface area contributed by atoms with Gasteiger partial charge < -0.3 is 5.73 Å². The summed E-state index contributed by atoms with van der Waals surface area (Å²) in [4.78, 5) is 0. The summed E-state index contributed by atoms with van der Waals surface area (Å²) < 4.78 is 13.9. The number of rotatable bonds is 2. The number of halogens is 2. The Bertz CT molecular complexity index is 321. The van der Waals surface area contributed by atoms with Gasteiger partial charge in [-0.05, 0) is 19.1 Å². The van der Waals surface area contributed by atoms with Gasteiger partial charge in [-0.1, -0.05) is 34.1 Å². The van der Waals surface area contributed by atoms with Crippen molar-refractivity contribution in [2.75, 3.05) is 0 Å². The van der Waals surface area contributed by atoms with E-state index in [1.165, 1.54) is 6.07 Å².